The first-order chi connectivity index (χ1) is 9.04. The van der Waals surface area contributed by atoms with E-state index in [0.717, 1.165) is 14.9 Å². The van der Waals surface area contributed by atoms with Gasteiger partial charge >= 0.3 is 0 Å². The Bertz CT molecular complexity index is 572. The van der Waals surface area contributed by atoms with Gasteiger partial charge < -0.3 is 10.5 Å². The summed E-state index contributed by atoms with van der Waals surface area (Å²) in [6.45, 7) is 1.89. The molecule has 4 heteroatoms. The predicted molar refractivity (Wildman–Crippen MR) is 83.0 cm³/mol. The van der Waals surface area contributed by atoms with Crippen molar-refractivity contribution in [3.05, 3.63) is 57.4 Å². The smallest absolute Gasteiger partial charge is 0.130 e. The lowest BCUT2D eigenvalue weighted by Gasteiger charge is -2.13. The lowest BCUT2D eigenvalue weighted by atomic mass is 10.1. The van der Waals surface area contributed by atoms with E-state index in [1.165, 1.54) is 12.1 Å². The van der Waals surface area contributed by atoms with Crippen LogP contribution in [0.25, 0.3) is 0 Å². The maximum Gasteiger partial charge on any atom is 0.130 e. The van der Waals surface area contributed by atoms with Crippen LogP contribution in [0.2, 0.25) is 0 Å². The van der Waals surface area contributed by atoms with Gasteiger partial charge in [-0.05, 0) is 77.9 Å². The monoisotopic (exact) mass is 371 g/mol. The SMILES string of the molecule is CC(N)Cc1cc(F)ccc1Oc1cccc(I)c1. The molecule has 2 nitrogen and oxygen atoms in total. The molecule has 2 N–H and O–H groups in total. The third-order valence-electron chi connectivity index (χ3n) is 2.59. The van der Waals surface area contributed by atoms with E-state index in [-0.39, 0.29) is 11.9 Å². The maximum atomic E-state index is 13.3. The number of rotatable bonds is 4. The number of nitrogens with two attached hydrogens (primary N) is 1. The summed E-state index contributed by atoms with van der Waals surface area (Å²) in [6.07, 6.45) is 0.580. The van der Waals surface area contributed by atoms with E-state index >= 15 is 0 Å². The van der Waals surface area contributed by atoms with Crippen LogP contribution < -0.4 is 10.5 Å². The van der Waals surface area contributed by atoms with Crippen molar-refractivity contribution in [3.8, 4) is 11.5 Å². The van der Waals surface area contributed by atoms with Crippen LogP contribution >= 0.6 is 22.6 Å². The van der Waals surface area contributed by atoms with Crippen LogP contribution in [0.15, 0.2) is 42.5 Å². The average molecular weight is 371 g/mol. The predicted octanol–water partition coefficient (Wildman–Crippen LogP) is 4.11. The number of halogens is 2. The zero-order chi connectivity index (χ0) is 13.8. The molecule has 0 amide bonds. The van der Waals surface area contributed by atoms with Gasteiger partial charge in [-0.25, -0.2) is 4.39 Å². The fourth-order valence-electron chi connectivity index (χ4n) is 1.81. The Morgan fingerprint density at radius 3 is 2.74 bits per heavy atom. The van der Waals surface area contributed by atoms with Crippen molar-refractivity contribution in [3.63, 3.8) is 0 Å². The fourth-order valence-corrected chi connectivity index (χ4v) is 2.33. The number of hydrogen-bond donors (Lipinski definition) is 1. The number of ether oxygens (including phenoxy) is 1. The minimum Gasteiger partial charge on any atom is -0.457 e. The molecule has 0 heterocycles. The molecule has 1 unspecified atom stereocenters. The highest BCUT2D eigenvalue weighted by Gasteiger charge is 2.09. The molecule has 0 fully saturated rings. The van der Waals surface area contributed by atoms with Gasteiger partial charge in [-0.3, -0.25) is 0 Å². The van der Waals surface area contributed by atoms with Crippen molar-refractivity contribution in [1.29, 1.82) is 0 Å². The van der Waals surface area contributed by atoms with Crippen LogP contribution in [-0.4, -0.2) is 6.04 Å². The molecule has 0 aromatic heterocycles. The number of hydrogen-bond acceptors (Lipinski definition) is 2. The van der Waals surface area contributed by atoms with Crippen LogP contribution in [-0.2, 0) is 6.42 Å². The van der Waals surface area contributed by atoms with Gasteiger partial charge in [0.15, 0.2) is 0 Å². The molecule has 1 atom stereocenters. The Hall–Kier alpha value is -1.14. The third-order valence-corrected chi connectivity index (χ3v) is 3.26. The quantitative estimate of drug-likeness (QED) is 0.821. The van der Waals surface area contributed by atoms with Gasteiger partial charge in [-0.15, -0.1) is 0 Å². The minimum atomic E-state index is -0.273. The molecule has 0 saturated heterocycles. The van der Waals surface area contributed by atoms with Crippen molar-refractivity contribution >= 4 is 22.6 Å². The zero-order valence-corrected chi connectivity index (χ0v) is 12.7. The highest BCUT2D eigenvalue weighted by atomic mass is 127. The lowest BCUT2D eigenvalue weighted by molar-refractivity contribution is 0.471. The van der Waals surface area contributed by atoms with Gasteiger partial charge in [0.2, 0.25) is 0 Å². The number of benzene rings is 2. The summed E-state index contributed by atoms with van der Waals surface area (Å²) in [5.74, 6) is 1.12. The Morgan fingerprint density at radius 2 is 2.05 bits per heavy atom. The molecular formula is C15H15FINO. The Morgan fingerprint density at radius 1 is 1.26 bits per heavy atom. The second-order valence-electron chi connectivity index (χ2n) is 4.49. The van der Waals surface area contributed by atoms with Crippen molar-refractivity contribution < 1.29 is 9.13 Å². The third kappa shape index (κ3) is 4.18. The van der Waals surface area contributed by atoms with Crippen LogP contribution in [0.1, 0.15) is 12.5 Å². The molecule has 2 aromatic rings. The minimum absolute atomic E-state index is 0.0416. The molecule has 19 heavy (non-hydrogen) atoms. The first kappa shape index (κ1) is 14.3. The van der Waals surface area contributed by atoms with Gasteiger partial charge in [-0.2, -0.15) is 0 Å². The Labute approximate surface area is 125 Å². The molecule has 0 aliphatic heterocycles. The van der Waals surface area contributed by atoms with Crippen LogP contribution in [0.3, 0.4) is 0 Å². The molecule has 0 spiro atoms. The van der Waals surface area contributed by atoms with Crippen LogP contribution in [0.4, 0.5) is 4.39 Å². The second-order valence-corrected chi connectivity index (χ2v) is 5.74. The first-order valence-corrected chi connectivity index (χ1v) is 7.10. The molecule has 100 valence electrons. The molecule has 0 saturated carbocycles. The van der Waals surface area contributed by atoms with Crippen molar-refractivity contribution in [1.82, 2.24) is 0 Å². The molecule has 0 radical (unpaired) electrons. The summed E-state index contributed by atoms with van der Waals surface area (Å²) in [5, 5.41) is 0. The van der Waals surface area contributed by atoms with Crippen molar-refractivity contribution in [2.45, 2.75) is 19.4 Å². The summed E-state index contributed by atoms with van der Waals surface area (Å²) in [4.78, 5) is 0. The zero-order valence-electron chi connectivity index (χ0n) is 10.6. The summed E-state index contributed by atoms with van der Waals surface area (Å²) >= 11 is 2.22. The van der Waals surface area contributed by atoms with E-state index in [0.29, 0.717) is 12.2 Å². The maximum absolute atomic E-state index is 13.3. The topological polar surface area (TPSA) is 35.2 Å². The second kappa shape index (κ2) is 6.34. The van der Waals surface area contributed by atoms with E-state index in [1.807, 2.05) is 31.2 Å². The van der Waals surface area contributed by atoms with E-state index in [1.54, 1.807) is 6.07 Å². The highest BCUT2D eigenvalue weighted by molar-refractivity contribution is 14.1. The van der Waals surface area contributed by atoms with Gasteiger partial charge in [0.05, 0.1) is 0 Å². The van der Waals surface area contributed by atoms with E-state index in [2.05, 4.69) is 22.6 Å². The summed E-state index contributed by atoms with van der Waals surface area (Å²) < 4.78 is 20.2. The first-order valence-electron chi connectivity index (χ1n) is 6.02. The van der Waals surface area contributed by atoms with E-state index in [4.69, 9.17) is 10.5 Å². The van der Waals surface area contributed by atoms with E-state index in [9.17, 15) is 4.39 Å². The molecule has 0 aliphatic rings. The fraction of sp³-hybridized carbons (Fsp3) is 0.200. The average Bonchev–Trinajstić information content (AvgIpc) is 2.32. The van der Waals surface area contributed by atoms with Crippen LogP contribution in [0, 0.1) is 9.39 Å². The van der Waals surface area contributed by atoms with Gasteiger partial charge in [0.25, 0.3) is 0 Å². The van der Waals surface area contributed by atoms with Gasteiger partial charge in [0.1, 0.15) is 17.3 Å². The molecule has 0 aliphatic carbocycles. The molecule has 2 rings (SSSR count). The largest absolute Gasteiger partial charge is 0.457 e. The Balaban J connectivity index is 2.28. The van der Waals surface area contributed by atoms with Crippen LogP contribution in [0.5, 0.6) is 11.5 Å². The standard InChI is InChI=1S/C15H15FINO/c1-10(18)7-11-8-12(16)5-6-15(11)19-14-4-2-3-13(17)9-14/h2-6,8-10H,7,18H2,1H3. The molecular weight excluding hydrogens is 356 g/mol. The summed E-state index contributed by atoms with van der Waals surface area (Å²) in [5.41, 5.74) is 6.57. The molecule has 0 bridgehead atoms. The van der Waals surface area contributed by atoms with E-state index < -0.39 is 0 Å². The van der Waals surface area contributed by atoms with Gasteiger partial charge in [-0.1, -0.05) is 6.07 Å². The highest BCUT2D eigenvalue weighted by Crippen LogP contribution is 2.27. The summed E-state index contributed by atoms with van der Waals surface area (Å²) in [6, 6.07) is 12.2. The molecule has 2 aromatic carbocycles. The lowest BCUT2D eigenvalue weighted by Crippen LogP contribution is -2.18. The van der Waals surface area contributed by atoms with Crippen molar-refractivity contribution in [2.75, 3.05) is 0 Å². The normalized spacial score (nSPS) is 12.2. The Kier molecular flexibility index (Phi) is 4.76. The summed E-state index contributed by atoms with van der Waals surface area (Å²) in [7, 11) is 0. The van der Waals surface area contributed by atoms with Crippen molar-refractivity contribution in [2.24, 2.45) is 5.73 Å². The van der Waals surface area contributed by atoms with Gasteiger partial charge in [0, 0.05) is 9.61 Å².